The number of hydrogen-bond acceptors (Lipinski definition) is 4. The first-order valence-corrected chi connectivity index (χ1v) is 12.9. The Balaban J connectivity index is 1.52. The highest BCUT2D eigenvalue weighted by molar-refractivity contribution is 6.06. The molecule has 4 amide bonds. The fraction of sp³-hybridized carbons (Fsp3) is 0.300. The van der Waals surface area contributed by atoms with Crippen LogP contribution in [-0.4, -0.2) is 36.1 Å². The SMILES string of the molecule is CCCN1C(=O)NC(c2ccc(NC(=O)Nc3cccc4ccccc34)cc2)C(C(=O)OCC(C)C)=C1C. The van der Waals surface area contributed by atoms with Gasteiger partial charge >= 0.3 is 18.0 Å². The van der Waals surface area contributed by atoms with Crippen molar-refractivity contribution < 1.29 is 19.1 Å². The van der Waals surface area contributed by atoms with Gasteiger partial charge in [-0.25, -0.2) is 14.4 Å². The number of rotatable bonds is 8. The van der Waals surface area contributed by atoms with Crippen molar-refractivity contribution in [3.05, 3.63) is 83.6 Å². The summed E-state index contributed by atoms with van der Waals surface area (Å²) in [5.74, 6) is -0.257. The third-order valence-corrected chi connectivity index (χ3v) is 6.35. The topological polar surface area (TPSA) is 99.8 Å². The molecule has 8 nitrogen and oxygen atoms in total. The number of hydrogen-bond donors (Lipinski definition) is 3. The fourth-order valence-corrected chi connectivity index (χ4v) is 4.49. The van der Waals surface area contributed by atoms with Crippen molar-refractivity contribution in [3.63, 3.8) is 0 Å². The lowest BCUT2D eigenvalue weighted by molar-refractivity contribution is -0.140. The predicted molar refractivity (Wildman–Crippen MR) is 150 cm³/mol. The van der Waals surface area contributed by atoms with E-state index in [1.54, 1.807) is 36.1 Å². The molecule has 0 aromatic heterocycles. The Bertz CT molecular complexity index is 1360. The van der Waals surface area contributed by atoms with Crippen molar-refractivity contribution in [1.82, 2.24) is 10.2 Å². The van der Waals surface area contributed by atoms with Crippen LogP contribution in [0.1, 0.15) is 45.7 Å². The molecule has 1 aliphatic heterocycles. The highest BCUT2D eigenvalue weighted by Crippen LogP contribution is 2.32. The third kappa shape index (κ3) is 5.96. The number of allylic oxidation sites excluding steroid dienone is 1. The molecule has 1 atom stereocenters. The maximum absolute atomic E-state index is 13.1. The van der Waals surface area contributed by atoms with Gasteiger partial charge in [0, 0.05) is 23.3 Å². The summed E-state index contributed by atoms with van der Waals surface area (Å²) in [6.07, 6.45) is 0.755. The van der Waals surface area contributed by atoms with Gasteiger partial charge in [0.05, 0.1) is 23.9 Å². The van der Waals surface area contributed by atoms with Crippen LogP contribution in [-0.2, 0) is 9.53 Å². The molecule has 0 spiro atoms. The molecular weight excluding hydrogens is 480 g/mol. The Hall–Kier alpha value is -4.33. The van der Waals surface area contributed by atoms with E-state index in [9.17, 15) is 14.4 Å². The highest BCUT2D eigenvalue weighted by atomic mass is 16.5. The molecule has 0 radical (unpaired) electrons. The van der Waals surface area contributed by atoms with E-state index in [1.165, 1.54) is 0 Å². The number of nitrogens with one attached hydrogen (secondary N) is 3. The molecule has 8 heteroatoms. The Kier molecular flexibility index (Phi) is 8.31. The third-order valence-electron chi connectivity index (χ3n) is 6.35. The summed E-state index contributed by atoms with van der Waals surface area (Å²) >= 11 is 0. The van der Waals surface area contributed by atoms with Gasteiger partial charge in [-0.1, -0.05) is 69.3 Å². The Morgan fingerprint density at radius 3 is 2.42 bits per heavy atom. The zero-order chi connectivity index (χ0) is 27.2. The van der Waals surface area contributed by atoms with E-state index in [-0.39, 0.29) is 18.0 Å². The number of ether oxygens (including phenoxy) is 1. The molecule has 1 aliphatic rings. The summed E-state index contributed by atoms with van der Waals surface area (Å²) in [5, 5.41) is 10.7. The minimum Gasteiger partial charge on any atom is -0.462 e. The average Bonchev–Trinajstić information content (AvgIpc) is 2.90. The van der Waals surface area contributed by atoms with Crippen LogP contribution >= 0.6 is 0 Å². The first kappa shape index (κ1) is 26.7. The van der Waals surface area contributed by atoms with Crippen molar-refractivity contribution in [2.45, 2.75) is 40.2 Å². The van der Waals surface area contributed by atoms with Crippen LogP contribution in [0.25, 0.3) is 10.8 Å². The molecule has 0 fully saturated rings. The highest BCUT2D eigenvalue weighted by Gasteiger charge is 2.36. The van der Waals surface area contributed by atoms with Crippen molar-refractivity contribution in [2.24, 2.45) is 5.92 Å². The van der Waals surface area contributed by atoms with E-state index >= 15 is 0 Å². The van der Waals surface area contributed by atoms with Crippen molar-refractivity contribution in [2.75, 3.05) is 23.8 Å². The second-order valence-corrected chi connectivity index (χ2v) is 9.75. The van der Waals surface area contributed by atoms with Gasteiger partial charge in [0.15, 0.2) is 0 Å². The van der Waals surface area contributed by atoms with Gasteiger partial charge in [0.2, 0.25) is 0 Å². The molecule has 0 saturated heterocycles. The normalized spacial score (nSPS) is 15.4. The Labute approximate surface area is 223 Å². The van der Waals surface area contributed by atoms with E-state index in [2.05, 4.69) is 16.0 Å². The summed E-state index contributed by atoms with van der Waals surface area (Å²) < 4.78 is 5.55. The van der Waals surface area contributed by atoms with Gasteiger partial charge in [-0.05, 0) is 48.4 Å². The maximum Gasteiger partial charge on any atom is 0.338 e. The van der Waals surface area contributed by atoms with Crippen LogP contribution < -0.4 is 16.0 Å². The summed E-state index contributed by atoms with van der Waals surface area (Å²) in [4.78, 5) is 40.3. The second kappa shape index (κ2) is 11.8. The Morgan fingerprint density at radius 2 is 1.71 bits per heavy atom. The number of carbonyl (C=O) groups is 3. The van der Waals surface area contributed by atoms with E-state index < -0.39 is 12.0 Å². The first-order chi connectivity index (χ1) is 18.3. The number of urea groups is 2. The summed E-state index contributed by atoms with van der Waals surface area (Å²) in [5.41, 5.74) is 3.00. The molecule has 0 saturated carbocycles. The number of anilines is 2. The Morgan fingerprint density at radius 1 is 1.00 bits per heavy atom. The number of nitrogens with zero attached hydrogens (tertiary/aromatic N) is 1. The minimum absolute atomic E-state index is 0.189. The summed E-state index contributed by atoms with van der Waals surface area (Å²) in [6.45, 7) is 8.49. The number of benzene rings is 3. The monoisotopic (exact) mass is 514 g/mol. The van der Waals surface area contributed by atoms with E-state index in [0.29, 0.717) is 41.4 Å². The standard InChI is InChI=1S/C30H34N4O4/c1-5-17-34-20(4)26(28(35)38-18-19(2)3)27(33-30(34)37)22-13-15-23(16-14-22)31-29(36)32-25-12-8-10-21-9-6-7-11-24(21)25/h6-16,19,27H,5,17-18H2,1-4H3,(H,33,37)(H2,31,32,36). The van der Waals surface area contributed by atoms with Crippen LogP contribution in [0.5, 0.6) is 0 Å². The van der Waals surface area contributed by atoms with Crippen molar-refractivity contribution in [1.29, 1.82) is 0 Å². The molecular formula is C30H34N4O4. The summed E-state index contributed by atoms with van der Waals surface area (Å²) in [7, 11) is 0. The zero-order valence-corrected chi connectivity index (χ0v) is 22.2. The zero-order valence-electron chi connectivity index (χ0n) is 22.2. The molecule has 38 heavy (non-hydrogen) atoms. The van der Waals surface area contributed by atoms with E-state index in [0.717, 1.165) is 17.2 Å². The molecule has 0 aliphatic carbocycles. The van der Waals surface area contributed by atoms with Crippen molar-refractivity contribution in [3.8, 4) is 0 Å². The molecule has 3 aromatic rings. The molecule has 0 bridgehead atoms. The number of fused-ring (bicyclic) bond motifs is 1. The van der Waals surface area contributed by atoms with Crippen molar-refractivity contribution >= 4 is 40.2 Å². The smallest absolute Gasteiger partial charge is 0.338 e. The lowest BCUT2D eigenvalue weighted by Gasteiger charge is -2.35. The number of amides is 4. The molecule has 3 aromatic carbocycles. The van der Waals surface area contributed by atoms with Gasteiger partial charge in [0.25, 0.3) is 0 Å². The maximum atomic E-state index is 13.1. The molecule has 3 N–H and O–H groups in total. The first-order valence-electron chi connectivity index (χ1n) is 12.9. The predicted octanol–water partition coefficient (Wildman–Crippen LogP) is 6.43. The molecule has 4 rings (SSSR count). The van der Waals surface area contributed by atoms with Gasteiger partial charge in [0.1, 0.15) is 0 Å². The van der Waals surface area contributed by atoms with Gasteiger partial charge in [-0.3, -0.25) is 4.90 Å². The molecule has 1 unspecified atom stereocenters. The van der Waals surface area contributed by atoms with Gasteiger partial charge in [-0.15, -0.1) is 0 Å². The van der Waals surface area contributed by atoms with Crippen LogP contribution in [0.15, 0.2) is 78.0 Å². The van der Waals surface area contributed by atoms with E-state index in [1.807, 2.05) is 63.2 Å². The minimum atomic E-state index is -0.658. The molecule has 198 valence electrons. The largest absolute Gasteiger partial charge is 0.462 e. The van der Waals surface area contributed by atoms with E-state index in [4.69, 9.17) is 4.74 Å². The van der Waals surface area contributed by atoms with Crippen LogP contribution in [0.2, 0.25) is 0 Å². The second-order valence-electron chi connectivity index (χ2n) is 9.75. The molecule has 1 heterocycles. The number of esters is 1. The van der Waals surface area contributed by atoms with Crippen LogP contribution in [0, 0.1) is 5.92 Å². The number of carbonyl (C=O) groups excluding carboxylic acids is 3. The average molecular weight is 515 g/mol. The fourth-order valence-electron chi connectivity index (χ4n) is 4.49. The van der Waals surface area contributed by atoms with Crippen LogP contribution in [0.4, 0.5) is 21.0 Å². The van der Waals surface area contributed by atoms with Gasteiger partial charge < -0.3 is 20.7 Å². The van der Waals surface area contributed by atoms with Gasteiger partial charge in [-0.2, -0.15) is 0 Å². The van der Waals surface area contributed by atoms with Crippen LogP contribution in [0.3, 0.4) is 0 Å². The quantitative estimate of drug-likeness (QED) is 0.302. The summed E-state index contributed by atoms with van der Waals surface area (Å²) in [6, 6.07) is 19.4. The lowest BCUT2D eigenvalue weighted by Crippen LogP contribution is -2.48. The lowest BCUT2D eigenvalue weighted by atomic mass is 9.94.